The van der Waals surface area contributed by atoms with E-state index in [2.05, 4.69) is 0 Å². The highest BCUT2D eigenvalue weighted by Gasteiger charge is 2.28. The van der Waals surface area contributed by atoms with E-state index >= 15 is 26.3 Å². The highest BCUT2D eigenvalue weighted by molar-refractivity contribution is 6.20. The standard InChI is InChI=1S/C84H42F12N6/c85-55-25-31-61(67(91)37-55)43-1-13-49(14-2-43)73-74(50-15-3-44(4-16-50)62-32-26-56(86)38-68(62)92)98-80-79(97-73)81-83(101-76(52-19-7-46(8-20-52)64-34-28-58(88)40-70(64)94)75(99-81)51-17-5-45(6-18-51)63-33-27-57(87)39-69(63)93)84-82(80)100-77(53-21-9-47(10-22-53)65-35-29-59(89)41-71(65)95)78(102-84)54-23-11-48(12-24-54)66-36-30-60(90)42-72(66)96/h1-42H. The molecular weight excluding hydrogens is 1320 g/mol. The van der Waals surface area contributed by atoms with Crippen LogP contribution in [-0.2, 0) is 0 Å². The van der Waals surface area contributed by atoms with Gasteiger partial charge in [0.15, 0.2) is 0 Å². The summed E-state index contributed by atoms with van der Waals surface area (Å²) in [7, 11) is 0. The highest BCUT2D eigenvalue weighted by Crippen LogP contribution is 2.44. The summed E-state index contributed by atoms with van der Waals surface area (Å²) >= 11 is 0. The molecule has 3 aromatic heterocycles. The first-order valence-corrected chi connectivity index (χ1v) is 31.6. The Kier molecular flexibility index (Phi) is 16.1. The van der Waals surface area contributed by atoms with Crippen molar-refractivity contribution >= 4 is 33.1 Å². The zero-order chi connectivity index (χ0) is 70.2. The minimum absolute atomic E-state index is 0.0863. The predicted octanol–water partition coefficient (Wildman–Crippen LogP) is 23.2. The summed E-state index contributed by atoms with van der Waals surface area (Å²) in [5.74, 6) is -9.52. The number of hydrogen-bond acceptors (Lipinski definition) is 6. The smallest absolute Gasteiger partial charge is 0.133 e. The number of halogens is 12. The van der Waals surface area contributed by atoms with Crippen molar-refractivity contribution in [2.75, 3.05) is 0 Å². The van der Waals surface area contributed by atoms with Gasteiger partial charge in [0.05, 0.1) is 34.2 Å². The number of benzene rings is 13. The number of hydrogen-bond donors (Lipinski definition) is 0. The lowest BCUT2D eigenvalue weighted by molar-refractivity contribution is 0.585. The Morgan fingerprint density at radius 1 is 0.137 bits per heavy atom. The van der Waals surface area contributed by atoms with E-state index in [1.807, 2.05) is 0 Å². The summed E-state index contributed by atoms with van der Waals surface area (Å²) in [5, 5.41) is 0. The van der Waals surface area contributed by atoms with Crippen LogP contribution in [0.2, 0.25) is 0 Å². The number of nitrogens with zero attached hydrogens (tertiary/aromatic N) is 6. The molecule has 102 heavy (non-hydrogen) atoms. The molecule has 13 aromatic carbocycles. The Morgan fingerprint density at radius 2 is 0.255 bits per heavy atom. The number of aromatic nitrogens is 6. The molecule has 0 fully saturated rings. The molecule has 0 N–H and O–H groups in total. The summed E-state index contributed by atoms with van der Waals surface area (Å²) in [6.07, 6.45) is 0. The average Bonchev–Trinajstić information content (AvgIpc) is 0.712. The summed E-state index contributed by atoms with van der Waals surface area (Å²) in [5.41, 5.74) is 7.19. The van der Waals surface area contributed by atoms with E-state index in [0.717, 1.165) is 72.8 Å². The number of fused-ring (bicyclic) bond motifs is 6. The lowest BCUT2D eigenvalue weighted by Crippen LogP contribution is -2.04. The van der Waals surface area contributed by atoms with E-state index in [1.54, 1.807) is 146 Å². The summed E-state index contributed by atoms with van der Waals surface area (Å²) in [6, 6.07) is 58.9. The second-order valence-corrected chi connectivity index (χ2v) is 24.1. The zero-order valence-electron chi connectivity index (χ0n) is 52.5. The van der Waals surface area contributed by atoms with Crippen molar-refractivity contribution in [2.45, 2.75) is 0 Å². The first-order valence-electron chi connectivity index (χ1n) is 31.6. The topological polar surface area (TPSA) is 77.3 Å². The Morgan fingerprint density at radius 3 is 0.373 bits per heavy atom. The molecule has 0 amide bonds. The summed E-state index contributed by atoms with van der Waals surface area (Å²) < 4.78 is 179. The molecule has 0 aliphatic heterocycles. The van der Waals surface area contributed by atoms with Gasteiger partial charge in [0.1, 0.15) is 103 Å². The Balaban J connectivity index is 1.01. The molecule has 492 valence electrons. The van der Waals surface area contributed by atoms with Gasteiger partial charge in [-0.2, -0.15) is 0 Å². The second kappa shape index (κ2) is 25.7. The van der Waals surface area contributed by atoms with Crippen LogP contribution in [0.5, 0.6) is 0 Å². The number of rotatable bonds is 12. The summed E-state index contributed by atoms with van der Waals surface area (Å²) in [6.45, 7) is 0. The van der Waals surface area contributed by atoms with Crippen molar-refractivity contribution in [3.8, 4) is 134 Å². The largest absolute Gasteiger partial charge is 0.241 e. The molecule has 0 spiro atoms. The molecule has 16 aromatic rings. The van der Waals surface area contributed by atoms with Gasteiger partial charge in [-0.1, -0.05) is 146 Å². The Labute approximate surface area is 571 Å². The van der Waals surface area contributed by atoms with Crippen molar-refractivity contribution in [1.82, 2.24) is 29.9 Å². The van der Waals surface area contributed by atoms with Crippen LogP contribution in [0.1, 0.15) is 0 Å². The van der Waals surface area contributed by atoms with Crippen LogP contribution < -0.4 is 0 Å². The molecular formula is C84H42F12N6. The van der Waals surface area contributed by atoms with Crippen molar-refractivity contribution in [3.05, 3.63) is 325 Å². The first-order chi connectivity index (χ1) is 49.4. The third-order valence-electron chi connectivity index (χ3n) is 17.8. The zero-order valence-corrected chi connectivity index (χ0v) is 52.5. The molecule has 0 saturated carbocycles. The monoisotopic (exact) mass is 1360 g/mol. The molecule has 0 unspecified atom stereocenters. The molecule has 3 heterocycles. The molecule has 0 radical (unpaired) electrons. The van der Waals surface area contributed by atoms with Crippen molar-refractivity contribution in [2.24, 2.45) is 0 Å². The fourth-order valence-electron chi connectivity index (χ4n) is 12.7. The average molecular weight is 1360 g/mol. The van der Waals surface area contributed by atoms with Gasteiger partial charge in [0.25, 0.3) is 0 Å². The van der Waals surface area contributed by atoms with Crippen LogP contribution in [-0.4, -0.2) is 29.9 Å². The van der Waals surface area contributed by atoms with Gasteiger partial charge in [-0.3, -0.25) is 0 Å². The molecule has 16 rings (SSSR count). The third-order valence-corrected chi connectivity index (χ3v) is 17.8. The molecule has 0 bridgehead atoms. The molecule has 18 heteroatoms. The molecule has 0 aliphatic carbocycles. The molecule has 0 saturated heterocycles. The summed E-state index contributed by atoms with van der Waals surface area (Å²) in [4.78, 5) is 32.9. The second-order valence-electron chi connectivity index (χ2n) is 24.1. The highest BCUT2D eigenvalue weighted by atomic mass is 19.2. The fourth-order valence-corrected chi connectivity index (χ4v) is 12.7. The van der Waals surface area contributed by atoms with E-state index in [4.69, 9.17) is 29.9 Å². The van der Waals surface area contributed by atoms with Crippen LogP contribution in [0.3, 0.4) is 0 Å². The van der Waals surface area contributed by atoms with E-state index in [9.17, 15) is 26.3 Å². The van der Waals surface area contributed by atoms with Crippen LogP contribution in [0.4, 0.5) is 52.7 Å². The van der Waals surface area contributed by atoms with Crippen LogP contribution >= 0.6 is 0 Å². The van der Waals surface area contributed by atoms with Gasteiger partial charge in [-0.25, -0.2) is 82.6 Å². The van der Waals surface area contributed by atoms with Crippen LogP contribution in [0.15, 0.2) is 255 Å². The van der Waals surface area contributed by atoms with Crippen molar-refractivity contribution in [1.29, 1.82) is 0 Å². The maximum atomic E-state index is 15.5. The SMILES string of the molecule is Fc1ccc(-c2ccc(-c3nc4c5nc(-c6ccc(-c7ccc(F)cc7F)cc6)c(-c6ccc(-c7ccc(F)cc7F)cc6)nc5c5nc(-c6ccc(-c7ccc(F)cc7F)cc6)c(-c6ccc(-c7ccc(F)cc7F)cc6)nc5c4nc3-c3ccc(-c4ccc(F)cc4F)cc3)cc2)c(F)c1. The predicted molar refractivity (Wildman–Crippen MR) is 370 cm³/mol. The van der Waals surface area contributed by atoms with Gasteiger partial charge in [0, 0.05) is 103 Å². The fraction of sp³-hybridized carbons (Fsp3) is 0. The van der Waals surface area contributed by atoms with Gasteiger partial charge in [0.2, 0.25) is 0 Å². The molecule has 6 nitrogen and oxygen atoms in total. The van der Waals surface area contributed by atoms with Crippen LogP contribution in [0.25, 0.3) is 167 Å². The van der Waals surface area contributed by atoms with E-state index in [1.165, 1.54) is 36.4 Å². The van der Waals surface area contributed by atoms with Crippen molar-refractivity contribution < 1.29 is 52.7 Å². The van der Waals surface area contributed by atoms with Gasteiger partial charge >= 0.3 is 0 Å². The van der Waals surface area contributed by atoms with Gasteiger partial charge in [-0.15, -0.1) is 0 Å². The minimum atomic E-state index is -0.813. The minimum Gasteiger partial charge on any atom is -0.241 e. The quantitative estimate of drug-likeness (QED) is 0.0896. The normalized spacial score (nSPS) is 11.5. The Hall–Kier alpha value is -13.0. The lowest BCUT2D eigenvalue weighted by atomic mass is 9.96. The maximum absolute atomic E-state index is 15.5. The first kappa shape index (κ1) is 63.8. The molecule has 0 atom stereocenters. The van der Waals surface area contributed by atoms with Gasteiger partial charge in [-0.05, 0) is 106 Å². The Bertz CT molecular complexity index is 5070. The van der Waals surface area contributed by atoms with E-state index < -0.39 is 69.8 Å². The lowest BCUT2D eigenvalue weighted by Gasteiger charge is -2.18. The maximum Gasteiger partial charge on any atom is 0.133 e. The molecule has 0 aliphatic rings. The van der Waals surface area contributed by atoms with Gasteiger partial charge < -0.3 is 0 Å². The van der Waals surface area contributed by atoms with E-state index in [-0.39, 0.29) is 101 Å². The van der Waals surface area contributed by atoms with Crippen LogP contribution in [0, 0.1) is 69.8 Å². The third kappa shape index (κ3) is 11.9. The van der Waals surface area contributed by atoms with Crippen molar-refractivity contribution in [3.63, 3.8) is 0 Å². The van der Waals surface area contributed by atoms with E-state index in [0.29, 0.717) is 66.8 Å².